The average Bonchev–Trinajstić information content (AvgIpc) is 2.59. The van der Waals surface area contributed by atoms with E-state index in [1.165, 1.54) is 6.08 Å². The lowest BCUT2D eigenvalue weighted by Crippen LogP contribution is -2.50. The molecule has 0 aromatic heterocycles. The van der Waals surface area contributed by atoms with E-state index in [1.54, 1.807) is 6.92 Å². The predicted octanol–water partition coefficient (Wildman–Crippen LogP) is 3.42. The number of allylic oxidation sites excluding steroid dienone is 1. The first-order valence-electron chi connectivity index (χ1n) is 9.27. The second-order valence-electron chi connectivity index (χ2n) is 6.09. The number of ether oxygens (including phenoxy) is 1. The molecule has 0 fully saturated rings. The van der Waals surface area contributed by atoms with Crippen LogP contribution < -0.4 is 0 Å². The van der Waals surface area contributed by atoms with Crippen LogP contribution in [0.2, 0.25) is 0 Å². The minimum Gasteiger partial charge on any atom is -0.481 e. The van der Waals surface area contributed by atoms with Crippen LogP contribution in [0.4, 0.5) is 0 Å². The van der Waals surface area contributed by atoms with Gasteiger partial charge in [0.2, 0.25) is 11.8 Å². The number of hydrogen-bond donors (Lipinski definition) is 1. The van der Waals surface area contributed by atoms with Gasteiger partial charge in [-0.05, 0) is 19.8 Å². The molecular weight excluding hydrogens is 338 g/mol. The van der Waals surface area contributed by atoms with Crippen LogP contribution in [0.1, 0.15) is 78.6 Å². The van der Waals surface area contributed by atoms with Crippen molar-refractivity contribution in [3.8, 4) is 0 Å². The van der Waals surface area contributed by atoms with Crippen LogP contribution in [0.3, 0.4) is 0 Å². The molecule has 0 heterocycles. The van der Waals surface area contributed by atoms with E-state index in [4.69, 9.17) is 9.84 Å². The number of rotatable bonds is 13. The van der Waals surface area contributed by atoms with Crippen molar-refractivity contribution in [2.24, 2.45) is 0 Å². The lowest BCUT2D eigenvalue weighted by atomic mass is 10.1. The van der Waals surface area contributed by atoms with E-state index in [2.05, 4.69) is 0 Å². The molecule has 0 saturated carbocycles. The van der Waals surface area contributed by atoms with Gasteiger partial charge < -0.3 is 9.84 Å². The molecule has 0 bridgehead atoms. The first-order chi connectivity index (χ1) is 12.4. The summed E-state index contributed by atoms with van der Waals surface area (Å²) in [6.07, 6.45) is 6.70. The number of hydrogen-bond acceptors (Lipinski definition) is 5. The molecule has 2 amide bonds. The van der Waals surface area contributed by atoms with Gasteiger partial charge in [0.25, 0.3) is 0 Å². The van der Waals surface area contributed by atoms with Gasteiger partial charge in [0, 0.05) is 12.8 Å². The Balaban J connectivity index is 5.46. The SMILES string of the molecule is C/C=C/OC(=O)C(CC(=O)O)N(C(=O)CCCCC)C(=O)CCCCC. The Hall–Kier alpha value is -2.18. The van der Waals surface area contributed by atoms with Crippen LogP contribution in [-0.2, 0) is 23.9 Å². The summed E-state index contributed by atoms with van der Waals surface area (Å²) in [4.78, 5) is 49.4. The van der Waals surface area contributed by atoms with Gasteiger partial charge in [0.15, 0.2) is 0 Å². The van der Waals surface area contributed by atoms with Crippen LogP contribution in [0.25, 0.3) is 0 Å². The summed E-state index contributed by atoms with van der Waals surface area (Å²) in [5, 5.41) is 9.12. The zero-order chi connectivity index (χ0) is 19.9. The van der Waals surface area contributed by atoms with Crippen molar-refractivity contribution in [1.29, 1.82) is 0 Å². The Labute approximate surface area is 155 Å². The third-order valence-electron chi connectivity index (χ3n) is 3.80. The molecule has 0 aromatic rings. The molecule has 0 aromatic carbocycles. The van der Waals surface area contributed by atoms with E-state index in [-0.39, 0.29) is 12.8 Å². The quantitative estimate of drug-likeness (QED) is 0.303. The maximum absolute atomic E-state index is 12.6. The number of carboxylic acid groups (broad SMARTS) is 1. The number of carbonyl (C=O) groups is 4. The van der Waals surface area contributed by atoms with Crippen molar-refractivity contribution in [2.45, 2.75) is 84.6 Å². The van der Waals surface area contributed by atoms with Gasteiger partial charge in [-0.15, -0.1) is 0 Å². The maximum atomic E-state index is 12.6. The fourth-order valence-corrected chi connectivity index (χ4v) is 2.44. The Bertz CT molecular complexity index is 478. The summed E-state index contributed by atoms with van der Waals surface area (Å²) in [6, 6.07) is -1.45. The average molecular weight is 369 g/mol. The molecule has 26 heavy (non-hydrogen) atoms. The van der Waals surface area contributed by atoms with Crippen molar-refractivity contribution in [3.05, 3.63) is 12.3 Å². The number of carboxylic acids is 1. The standard InChI is InChI=1S/C19H31NO6/c1-4-7-9-11-16(21)20(17(22)12-10-8-5-2)15(14-18(23)24)19(25)26-13-6-3/h6,13,15H,4-5,7-12,14H2,1-3H3,(H,23,24)/b13-6+. The Morgan fingerprint density at radius 1 is 0.962 bits per heavy atom. The molecule has 1 atom stereocenters. The lowest BCUT2D eigenvalue weighted by Gasteiger charge is -2.27. The number of amides is 2. The molecule has 0 saturated heterocycles. The highest BCUT2D eigenvalue weighted by atomic mass is 16.5. The normalized spacial score (nSPS) is 12.0. The molecular formula is C19H31NO6. The van der Waals surface area contributed by atoms with Gasteiger partial charge in [-0.2, -0.15) is 0 Å². The first-order valence-corrected chi connectivity index (χ1v) is 9.27. The van der Waals surface area contributed by atoms with E-state index in [0.717, 1.165) is 36.8 Å². The topological polar surface area (TPSA) is 101 Å². The molecule has 0 rings (SSSR count). The number of unbranched alkanes of at least 4 members (excludes halogenated alkanes) is 4. The molecule has 0 aliphatic rings. The summed E-state index contributed by atoms with van der Waals surface area (Å²) in [7, 11) is 0. The molecule has 7 heteroatoms. The van der Waals surface area contributed by atoms with E-state index >= 15 is 0 Å². The van der Waals surface area contributed by atoms with Gasteiger partial charge in [0.05, 0.1) is 12.7 Å². The molecule has 1 N–H and O–H groups in total. The predicted molar refractivity (Wildman–Crippen MR) is 97.1 cm³/mol. The van der Waals surface area contributed by atoms with Gasteiger partial charge >= 0.3 is 11.9 Å². The minimum absolute atomic E-state index is 0.0976. The second-order valence-corrected chi connectivity index (χ2v) is 6.09. The maximum Gasteiger partial charge on any atom is 0.334 e. The van der Waals surface area contributed by atoms with Crippen LogP contribution in [0.5, 0.6) is 0 Å². The van der Waals surface area contributed by atoms with Gasteiger partial charge in [0.1, 0.15) is 6.04 Å². The van der Waals surface area contributed by atoms with Crippen molar-refractivity contribution in [3.63, 3.8) is 0 Å². The fourth-order valence-electron chi connectivity index (χ4n) is 2.44. The van der Waals surface area contributed by atoms with Gasteiger partial charge in [-0.1, -0.05) is 45.6 Å². The first kappa shape index (κ1) is 23.8. The summed E-state index contributed by atoms with van der Waals surface area (Å²) in [6.45, 7) is 5.60. The van der Waals surface area contributed by atoms with Crippen molar-refractivity contribution >= 4 is 23.8 Å². The summed E-state index contributed by atoms with van der Waals surface area (Å²) < 4.78 is 4.86. The lowest BCUT2D eigenvalue weighted by molar-refractivity contribution is -0.161. The molecule has 0 radical (unpaired) electrons. The molecule has 148 valence electrons. The number of esters is 1. The summed E-state index contributed by atoms with van der Waals surface area (Å²) in [5.74, 6) is -3.24. The fraction of sp³-hybridized carbons (Fsp3) is 0.684. The Kier molecular flexibility index (Phi) is 12.9. The Morgan fingerprint density at radius 3 is 1.85 bits per heavy atom. The van der Waals surface area contributed by atoms with E-state index < -0.39 is 36.2 Å². The van der Waals surface area contributed by atoms with Crippen molar-refractivity contribution in [1.82, 2.24) is 4.90 Å². The largest absolute Gasteiger partial charge is 0.481 e. The van der Waals surface area contributed by atoms with E-state index in [9.17, 15) is 19.2 Å². The number of nitrogens with zero attached hydrogens (tertiary/aromatic N) is 1. The summed E-state index contributed by atoms with van der Waals surface area (Å²) >= 11 is 0. The van der Waals surface area contributed by atoms with Crippen molar-refractivity contribution < 1.29 is 29.0 Å². The highest BCUT2D eigenvalue weighted by Crippen LogP contribution is 2.15. The summed E-state index contributed by atoms with van der Waals surface area (Å²) in [5.41, 5.74) is 0. The number of aliphatic carboxylic acids is 1. The number of carbonyl (C=O) groups excluding carboxylic acids is 3. The molecule has 7 nitrogen and oxygen atoms in total. The Morgan fingerprint density at radius 2 is 1.46 bits per heavy atom. The highest BCUT2D eigenvalue weighted by Gasteiger charge is 2.36. The third-order valence-corrected chi connectivity index (χ3v) is 3.80. The second kappa shape index (κ2) is 14.0. The zero-order valence-corrected chi connectivity index (χ0v) is 16.0. The molecule has 1 unspecified atom stereocenters. The minimum atomic E-state index is -1.45. The van der Waals surface area contributed by atoms with Crippen LogP contribution in [0, 0.1) is 0 Å². The molecule has 0 aliphatic carbocycles. The molecule has 0 spiro atoms. The highest BCUT2D eigenvalue weighted by molar-refractivity contribution is 6.00. The van der Waals surface area contributed by atoms with E-state index in [1.807, 2.05) is 13.8 Å². The number of imide groups is 1. The van der Waals surface area contributed by atoms with E-state index in [0.29, 0.717) is 12.8 Å². The van der Waals surface area contributed by atoms with Crippen LogP contribution >= 0.6 is 0 Å². The van der Waals surface area contributed by atoms with Gasteiger partial charge in [-0.3, -0.25) is 19.3 Å². The zero-order valence-electron chi connectivity index (χ0n) is 16.0. The van der Waals surface area contributed by atoms with Crippen LogP contribution in [-0.4, -0.2) is 39.8 Å². The smallest absolute Gasteiger partial charge is 0.334 e. The van der Waals surface area contributed by atoms with Crippen LogP contribution in [0.15, 0.2) is 12.3 Å². The third kappa shape index (κ3) is 9.34. The monoisotopic (exact) mass is 369 g/mol. The molecule has 0 aliphatic heterocycles. The van der Waals surface area contributed by atoms with Gasteiger partial charge in [-0.25, -0.2) is 4.79 Å². The van der Waals surface area contributed by atoms with Crippen molar-refractivity contribution in [2.75, 3.05) is 0 Å².